The van der Waals surface area contributed by atoms with Crippen molar-refractivity contribution in [2.24, 2.45) is 0 Å². The molecule has 162 valence electrons. The van der Waals surface area contributed by atoms with Crippen molar-refractivity contribution in [1.82, 2.24) is 5.32 Å². The van der Waals surface area contributed by atoms with Gasteiger partial charge in [0.2, 0.25) is 5.43 Å². The minimum absolute atomic E-state index is 0.100. The summed E-state index contributed by atoms with van der Waals surface area (Å²) >= 11 is 0. The Morgan fingerprint density at radius 3 is 2.38 bits per heavy atom. The average molecular weight is 428 g/mol. The highest BCUT2D eigenvalue weighted by atomic mass is 16.5. The first-order valence-electron chi connectivity index (χ1n) is 10.5. The lowest BCUT2D eigenvalue weighted by Gasteiger charge is -2.14. The van der Waals surface area contributed by atoms with Gasteiger partial charge in [0.05, 0.1) is 10.9 Å². The summed E-state index contributed by atoms with van der Waals surface area (Å²) in [5, 5.41) is 13.6. The molecule has 5 nitrogen and oxygen atoms in total. The fraction of sp³-hybridized carbons (Fsp3) is 0.148. The lowest BCUT2D eigenvalue weighted by Crippen LogP contribution is -2.31. The van der Waals surface area contributed by atoms with Crippen LogP contribution in [0.2, 0.25) is 0 Å². The molecule has 0 spiro atoms. The lowest BCUT2D eigenvalue weighted by atomic mass is 9.98. The first-order chi connectivity index (χ1) is 15.7. The van der Waals surface area contributed by atoms with Crippen LogP contribution < -0.4 is 15.5 Å². The molecule has 4 rings (SSSR count). The maximum Gasteiger partial charge on any atom is 0.201 e. The van der Waals surface area contributed by atoms with E-state index in [9.17, 15) is 9.90 Å². The summed E-state index contributed by atoms with van der Waals surface area (Å²) in [5.74, 6) is 1.04. The fourth-order valence-corrected chi connectivity index (χ4v) is 3.53. The molecule has 1 aromatic heterocycles. The summed E-state index contributed by atoms with van der Waals surface area (Å²) in [5.41, 5.74) is 2.49. The second kappa shape index (κ2) is 10.1. The van der Waals surface area contributed by atoms with Crippen molar-refractivity contribution < 1.29 is 14.3 Å². The molecule has 1 heterocycles. The van der Waals surface area contributed by atoms with Crippen LogP contribution in [0.4, 0.5) is 0 Å². The standard InChI is InChI=1S/C27H25NO4/c1-2-15-28-17-21(29)18-31-22-13-14-23-24(16-22)32-27(20-11-7-4-8-12-20)25(26(23)30)19-9-5-3-6-10-19/h2-14,16,21,28-29H,1,15,17-18H2. The number of rotatable bonds is 9. The van der Waals surface area contributed by atoms with Crippen LogP contribution in [-0.4, -0.2) is 30.9 Å². The number of aliphatic hydroxyl groups excluding tert-OH is 1. The van der Waals surface area contributed by atoms with Gasteiger partial charge >= 0.3 is 0 Å². The highest BCUT2D eigenvalue weighted by Crippen LogP contribution is 2.33. The number of hydrogen-bond donors (Lipinski definition) is 2. The molecule has 0 bridgehead atoms. The van der Waals surface area contributed by atoms with Gasteiger partial charge in [0, 0.05) is 24.7 Å². The van der Waals surface area contributed by atoms with Gasteiger partial charge in [-0.05, 0) is 17.7 Å². The van der Waals surface area contributed by atoms with Crippen molar-refractivity contribution in [1.29, 1.82) is 0 Å². The molecule has 1 unspecified atom stereocenters. The van der Waals surface area contributed by atoms with Gasteiger partial charge < -0.3 is 19.6 Å². The van der Waals surface area contributed by atoms with E-state index in [1.54, 1.807) is 24.3 Å². The second-order valence-corrected chi connectivity index (χ2v) is 7.44. The zero-order valence-electron chi connectivity index (χ0n) is 17.7. The third-order valence-corrected chi connectivity index (χ3v) is 5.07. The van der Waals surface area contributed by atoms with E-state index >= 15 is 0 Å². The van der Waals surface area contributed by atoms with Crippen molar-refractivity contribution in [3.8, 4) is 28.2 Å². The molecule has 32 heavy (non-hydrogen) atoms. The summed E-state index contributed by atoms with van der Waals surface area (Å²) in [6.45, 7) is 4.76. The van der Waals surface area contributed by atoms with Crippen molar-refractivity contribution >= 4 is 11.0 Å². The molecule has 3 aromatic carbocycles. The molecule has 1 atom stereocenters. The van der Waals surface area contributed by atoms with E-state index < -0.39 is 6.10 Å². The Kier molecular flexibility index (Phi) is 6.80. The molecule has 0 fully saturated rings. The van der Waals surface area contributed by atoms with Crippen LogP contribution in [0.3, 0.4) is 0 Å². The van der Waals surface area contributed by atoms with E-state index in [1.165, 1.54) is 0 Å². The summed E-state index contributed by atoms with van der Waals surface area (Å²) in [6, 6.07) is 24.2. The van der Waals surface area contributed by atoms with Gasteiger partial charge in [0.25, 0.3) is 0 Å². The largest absolute Gasteiger partial charge is 0.491 e. The molecular weight excluding hydrogens is 402 g/mol. The minimum Gasteiger partial charge on any atom is -0.491 e. The summed E-state index contributed by atoms with van der Waals surface area (Å²) in [6.07, 6.45) is 1.06. The summed E-state index contributed by atoms with van der Waals surface area (Å²) in [7, 11) is 0. The van der Waals surface area contributed by atoms with Gasteiger partial charge in [0.1, 0.15) is 29.8 Å². The second-order valence-electron chi connectivity index (χ2n) is 7.44. The Labute approximate surface area is 186 Å². The van der Waals surface area contributed by atoms with Crippen LogP contribution >= 0.6 is 0 Å². The Morgan fingerprint density at radius 1 is 1.00 bits per heavy atom. The zero-order valence-corrected chi connectivity index (χ0v) is 17.7. The van der Waals surface area contributed by atoms with Gasteiger partial charge in [-0.3, -0.25) is 4.79 Å². The number of fused-ring (bicyclic) bond motifs is 1. The Bertz CT molecular complexity index is 1250. The SMILES string of the molecule is C=CCNCC(O)COc1ccc2c(=O)c(-c3ccccc3)c(-c3ccccc3)oc2c1. The van der Waals surface area contributed by atoms with Gasteiger partial charge in [-0.25, -0.2) is 0 Å². The first-order valence-corrected chi connectivity index (χ1v) is 10.5. The topological polar surface area (TPSA) is 71.7 Å². The molecule has 0 aliphatic carbocycles. The van der Waals surface area contributed by atoms with Gasteiger partial charge in [-0.2, -0.15) is 0 Å². The Balaban J connectivity index is 1.73. The summed E-state index contributed by atoms with van der Waals surface area (Å²) < 4.78 is 12.0. The molecule has 2 N–H and O–H groups in total. The maximum absolute atomic E-state index is 13.5. The summed E-state index contributed by atoms with van der Waals surface area (Å²) in [4.78, 5) is 13.5. The van der Waals surface area contributed by atoms with E-state index in [1.807, 2.05) is 60.7 Å². The highest BCUT2D eigenvalue weighted by Gasteiger charge is 2.18. The molecule has 0 saturated carbocycles. The molecule has 4 aromatic rings. The van der Waals surface area contributed by atoms with E-state index in [2.05, 4.69) is 11.9 Å². The fourth-order valence-electron chi connectivity index (χ4n) is 3.53. The van der Waals surface area contributed by atoms with E-state index in [4.69, 9.17) is 9.15 Å². The first kappa shape index (κ1) is 21.6. The third-order valence-electron chi connectivity index (χ3n) is 5.07. The Morgan fingerprint density at radius 2 is 1.69 bits per heavy atom. The van der Waals surface area contributed by atoms with Crippen molar-refractivity contribution in [2.75, 3.05) is 19.7 Å². The molecule has 5 heteroatoms. The maximum atomic E-state index is 13.5. The van der Waals surface area contributed by atoms with Crippen molar-refractivity contribution in [3.05, 3.63) is 102 Å². The van der Waals surface area contributed by atoms with Gasteiger partial charge in [-0.1, -0.05) is 66.7 Å². The Hall–Kier alpha value is -3.67. The molecule has 0 amide bonds. The third kappa shape index (κ3) is 4.80. The number of aliphatic hydroxyl groups is 1. The molecule has 0 radical (unpaired) electrons. The molecule has 0 saturated heterocycles. The van der Waals surface area contributed by atoms with Crippen LogP contribution in [0.5, 0.6) is 5.75 Å². The smallest absolute Gasteiger partial charge is 0.201 e. The van der Waals surface area contributed by atoms with Crippen LogP contribution in [-0.2, 0) is 0 Å². The normalized spacial score (nSPS) is 11.9. The number of hydrogen-bond acceptors (Lipinski definition) is 5. The van der Waals surface area contributed by atoms with Crippen LogP contribution in [0.1, 0.15) is 0 Å². The van der Waals surface area contributed by atoms with Gasteiger partial charge in [0.15, 0.2) is 0 Å². The van der Waals surface area contributed by atoms with E-state index in [0.29, 0.717) is 41.1 Å². The number of benzene rings is 3. The quantitative estimate of drug-likeness (QED) is 0.301. The highest BCUT2D eigenvalue weighted by molar-refractivity contribution is 5.89. The van der Waals surface area contributed by atoms with Crippen LogP contribution in [0.15, 0.2) is 101 Å². The van der Waals surface area contributed by atoms with E-state index in [0.717, 1.165) is 11.1 Å². The van der Waals surface area contributed by atoms with Crippen molar-refractivity contribution in [2.45, 2.75) is 6.10 Å². The monoisotopic (exact) mass is 427 g/mol. The van der Waals surface area contributed by atoms with E-state index in [-0.39, 0.29) is 12.0 Å². The van der Waals surface area contributed by atoms with Crippen LogP contribution in [0.25, 0.3) is 33.4 Å². The predicted molar refractivity (Wildman–Crippen MR) is 128 cm³/mol. The molecular formula is C27H25NO4. The molecule has 0 aliphatic heterocycles. The number of nitrogens with one attached hydrogen (secondary N) is 1. The lowest BCUT2D eigenvalue weighted by molar-refractivity contribution is 0.107. The zero-order chi connectivity index (χ0) is 22.3. The average Bonchev–Trinajstić information content (AvgIpc) is 2.84. The van der Waals surface area contributed by atoms with Crippen molar-refractivity contribution in [3.63, 3.8) is 0 Å². The van der Waals surface area contributed by atoms with Crippen LogP contribution in [0, 0.1) is 0 Å². The van der Waals surface area contributed by atoms with Gasteiger partial charge in [-0.15, -0.1) is 6.58 Å². The minimum atomic E-state index is -0.669. The number of ether oxygens (including phenoxy) is 1. The predicted octanol–water partition coefficient (Wildman–Crippen LogP) is 4.64. The molecule has 0 aliphatic rings.